The summed E-state index contributed by atoms with van der Waals surface area (Å²) in [6, 6.07) is 0. The van der Waals surface area contributed by atoms with E-state index in [9.17, 15) is 0 Å². The smallest absolute Gasteiger partial charge is 0.0427 e. The van der Waals surface area contributed by atoms with Crippen LogP contribution in [0.3, 0.4) is 0 Å². The number of halogens is 15. The first kappa shape index (κ1) is 37.1. The monoisotopic (exact) mass is 2130 g/mol. The standard InChI is InChI=1S/C19I15/c20-5-2(6(21)12(27)17(32)11(5)26)1(3-7(22)13(28)18(33)14(29)8(3)23)4-9(24)15(30)19(34)16(31)10(4)25. The molecular weight excluding hydrogens is 2130 g/mol. The van der Waals surface area contributed by atoms with E-state index in [0.717, 1.165) is 0 Å². The summed E-state index contributed by atoms with van der Waals surface area (Å²) in [5.74, 6) is 1.35. The second-order valence-corrected chi connectivity index (χ2v) is 22.4. The Balaban J connectivity index is 2.68. The minimum absolute atomic E-state index is 1.33. The summed E-state index contributed by atoms with van der Waals surface area (Å²) in [5.41, 5.74) is 4.05. The van der Waals surface area contributed by atoms with Gasteiger partial charge in [0.2, 0.25) is 0 Å². The van der Waals surface area contributed by atoms with Crippen LogP contribution in [0.4, 0.5) is 0 Å². The zero-order chi connectivity index (χ0) is 26.0. The molecule has 0 aromatic heterocycles. The predicted octanol–water partition coefficient (Wildman–Crippen LogP) is 13.8. The van der Waals surface area contributed by atoms with E-state index in [1.807, 2.05) is 0 Å². The van der Waals surface area contributed by atoms with Crippen LogP contribution in [0.25, 0.3) is 0 Å². The van der Waals surface area contributed by atoms with Gasteiger partial charge in [-0.1, -0.05) is 0 Å². The number of benzene rings is 3. The molecular formula is C19I15. The maximum absolute atomic E-state index is 2.58. The average Bonchev–Trinajstić information content (AvgIpc) is 2.81. The van der Waals surface area contributed by atoms with Crippen molar-refractivity contribution >= 4 is 339 Å². The fourth-order valence-corrected chi connectivity index (χ4v) is 18.7. The molecule has 181 valence electrons. The van der Waals surface area contributed by atoms with Gasteiger partial charge in [-0.15, -0.1) is 0 Å². The number of hydrogen-bond acceptors (Lipinski definition) is 0. The van der Waals surface area contributed by atoms with Crippen molar-refractivity contribution in [1.82, 2.24) is 0 Å². The van der Waals surface area contributed by atoms with Gasteiger partial charge in [0.1, 0.15) is 0 Å². The third kappa shape index (κ3) is 7.43. The van der Waals surface area contributed by atoms with Crippen LogP contribution >= 0.6 is 339 Å². The van der Waals surface area contributed by atoms with E-state index in [-0.39, 0.29) is 0 Å². The van der Waals surface area contributed by atoms with E-state index >= 15 is 0 Å². The van der Waals surface area contributed by atoms with Crippen molar-refractivity contribution in [2.75, 3.05) is 0 Å². The molecule has 0 nitrogen and oxygen atoms in total. The van der Waals surface area contributed by atoms with Crippen molar-refractivity contribution in [2.24, 2.45) is 0 Å². The van der Waals surface area contributed by atoms with E-state index in [1.165, 1.54) is 76.2 Å². The summed E-state index contributed by atoms with van der Waals surface area (Å²) < 4.78 is 19.9. The average molecular weight is 2130 g/mol. The van der Waals surface area contributed by atoms with Gasteiger partial charge in [-0.3, -0.25) is 0 Å². The molecule has 0 atom stereocenters. The van der Waals surface area contributed by atoms with Crippen LogP contribution in [0.1, 0.15) is 16.7 Å². The first-order valence-corrected chi connectivity index (χ1v) is 24.3. The summed E-state index contributed by atoms with van der Waals surface area (Å²) in [5, 5.41) is 0. The third-order valence-corrected chi connectivity index (χ3v) is 32.9. The summed E-state index contributed by atoms with van der Waals surface area (Å²) in [6.45, 7) is 0. The zero-order valence-corrected chi connectivity index (χ0v) is 47.5. The number of rotatable bonds is 3. The SMILES string of the molecule is Ic1c(I)c(I)c([C](c2c(I)c(I)c(I)c(I)c2I)c2c(I)c(I)c(I)c(I)c2I)c(I)c1I. The largest absolute Gasteiger partial charge is 0.0696 e. The second-order valence-electron chi connectivity index (χ2n) is 6.21. The van der Waals surface area contributed by atoms with Crippen LogP contribution in [0.2, 0.25) is 0 Å². The maximum atomic E-state index is 2.58. The lowest BCUT2D eigenvalue weighted by Crippen LogP contribution is -2.20. The van der Waals surface area contributed by atoms with Gasteiger partial charge in [0, 0.05) is 53.6 Å². The number of hydrogen-bond donors (Lipinski definition) is 0. The predicted molar refractivity (Wildman–Crippen MR) is 271 cm³/mol. The van der Waals surface area contributed by atoms with Crippen LogP contribution in [0.5, 0.6) is 0 Å². The van der Waals surface area contributed by atoms with Crippen LogP contribution in [-0.2, 0) is 0 Å². The van der Waals surface area contributed by atoms with Gasteiger partial charge in [0.25, 0.3) is 0 Å². The minimum atomic E-state index is 1.33. The van der Waals surface area contributed by atoms with E-state index in [2.05, 4.69) is 339 Å². The Morgan fingerprint density at radius 3 is 0.471 bits per heavy atom. The van der Waals surface area contributed by atoms with Crippen LogP contribution < -0.4 is 0 Å². The van der Waals surface area contributed by atoms with Crippen molar-refractivity contribution < 1.29 is 0 Å². The molecule has 15 heteroatoms. The van der Waals surface area contributed by atoms with Crippen molar-refractivity contribution in [3.05, 3.63) is 76.2 Å². The Hall–Kier alpha value is 8.61. The van der Waals surface area contributed by atoms with Crippen molar-refractivity contribution in [1.29, 1.82) is 0 Å². The highest BCUT2D eigenvalue weighted by Crippen LogP contribution is 2.49. The Bertz CT molecular complexity index is 1110. The minimum Gasteiger partial charge on any atom is -0.0427 e. The Morgan fingerprint density at radius 1 is 0.206 bits per heavy atom. The van der Waals surface area contributed by atoms with E-state index in [4.69, 9.17) is 0 Å². The molecule has 0 heterocycles. The molecule has 0 saturated heterocycles. The lowest BCUT2D eigenvalue weighted by molar-refractivity contribution is 1.12. The Labute approximate surface area is 403 Å². The van der Waals surface area contributed by atoms with Crippen molar-refractivity contribution in [2.45, 2.75) is 0 Å². The first-order chi connectivity index (χ1) is 15.7. The van der Waals surface area contributed by atoms with E-state index in [0.29, 0.717) is 0 Å². The van der Waals surface area contributed by atoms with Gasteiger partial charge in [0.05, 0.1) is 5.92 Å². The fraction of sp³-hybridized carbons (Fsp3) is 0. The van der Waals surface area contributed by atoms with Crippen LogP contribution in [-0.4, -0.2) is 0 Å². The molecule has 3 rings (SSSR count). The molecule has 0 spiro atoms. The molecule has 34 heavy (non-hydrogen) atoms. The van der Waals surface area contributed by atoms with Crippen molar-refractivity contribution in [3.63, 3.8) is 0 Å². The van der Waals surface area contributed by atoms with Gasteiger partial charge in [0.15, 0.2) is 0 Å². The maximum Gasteiger partial charge on any atom is 0.0696 e. The van der Waals surface area contributed by atoms with E-state index in [1.54, 1.807) is 0 Å². The van der Waals surface area contributed by atoms with Gasteiger partial charge < -0.3 is 0 Å². The normalized spacial score (nSPS) is 11.6. The molecule has 0 aliphatic heterocycles. The second kappa shape index (κ2) is 15.9. The molecule has 0 amide bonds. The van der Waals surface area contributed by atoms with Crippen LogP contribution in [0, 0.1) is 59.5 Å². The van der Waals surface area contributed by atoms with Gasteiger partial charge in [-0.2, -0.15) is 0 Å². The lowest BCUT2D eigenvalue weighted by Gasteiger charge is -2.29. The summed E-state index contributed by atoms with van der Waals surface area (Å²) in [4.78, 5) is 0. The summed E-state index contributed by atoms with van der Waals surface area (Å²) in [7, 11) is 0. The van der Waals surface area contributed by atoms with Crippen molar-refractivity contribution in [3.8, 4) is 0 Å². The molecule has 3 aromatic carbocycles. The molecule has 0 aliphatic carbocycles. The van der Waals surface area contributed by atoms with Gasteiger partial charge >= 0.3 is 0 Å². The topological polar surface area (TPSA) is 0 Å². The highest BCUT2D eigenvalue weighted by Gasteiger charge is 2.36. The summed E-state index contributed by atoms with van der Waals surface area (Å²) >= 11 is 38.1. The zero-order valence-electron chi connectivity index (χ0n) is 15.2. The van der Waals surface area contributed by atoms with Gasteiger partial charge in [-0.05, 0) is 356 Å². The Kier molecular flexibility index (Phi) is 17.4. The molecule has 0 bridgehead atoms. The molecule has 0 unspecified atom stereocenters. The molecule has 3 aromatic rings. The van der Waals surface area contributed by atoms with Crippen LogP contribution in [0.15, 0.2) is 0 Å². The molecule has 0 N–H and O–H groups in total. The fourth-order valence-electron chi connectivity index (χ4n) is 2.85. The molecule has 1 radical (unpaired) electrons. The first-order valence-electron chi connectivity index (χ1n) is 8.08. The quantitative estimate of drug-likeness (QED) is 0.106. The van der Waals surface area contributed by atoms with E-state index < -0.39 is 0 Å². The highest BCUT2D eigenvalue weighted by atomic mass is 127. The Morgan fingerprint density at radius 2 is 0.324 bits per heavy atom. The summed E-state index contributed by atoms with van der Waals surface area (Å²) in [6.07, 6.45) is 0. The molecule has 0 fully saturated rings. The molecule has 0 saturated carbocycles. The molecule has 0 aliphatic rings. The lowest BCUT2D eigenvalue weighted by atomic mass is 9.85. The third-order valence-electron chi connectivity index (χ3n) is 4.38. The van der Waals surface area contributed by atoms with Gasteiger partial charge in [-0.25, -0.2) is 0 Å². The highest BCUT2D eigenvalue weighted by molar-refractivity contribution is 14.1.